The van der Waals surface area contributed by atoms with E-state index in [4.69, 9.17) is 15.6 Å². The lowest BCUT2D eigenvalue weighted by molar-refractivity contribution is -0.0457. The lowest BCUT2D eigenvalue weighted by atomic mass is 10.1. The van der Waals surface area contributed by atoms with Crippen molar-refractivity contribution in [3.63, 3.8) is 0 Å². The van der Waals surface area contributed by atoms with Gasteiger partial charge in [0.1, 0.15) is 30.4 Å². The molecule has 0 amide bonds. The zero-order chi connectivity index (χ0) is 13.6. The first kappa shape index (κ1) is 12.2. The fraction of sp³-hybridized carbons (Fsp3) is 0.500. The Bertz CT molecular complexity index is 606. The van der Waals surface area contributed by atoms with Gasteiger partial charge in [-0.15, -0.1) is 0 Å². The first-order chi connectivity index (χ1) is 9.13. The quantitative estimate of drug-likeness (QED) is 0.639. The number of halogens is 1. The van der Waals surface area contributed by atoms with Gasteiger partial charge in [-0.25, -0.2) is 19.3 Å². The molecule has 4 N–H and O–H groups in total. The smallest absolute Gasteiger partial charge is 0.183 e. The van der Waals surface area contributed by atoms with Gasteiger partial charge < -0.3 is 20.7 Å². The number of aliphatic hydroxyl groups is 2. The number of rotatable bonds is 2. The van der Waals surface area contributed by atoms with Crippen molar-refractivity contribution in [2.24, 2.45) is 0 Å². The molecule has 0 aromatic carbocycles. The second-order valence-electron chi connectivity index (χ2n) is 4.27. The van der Waals surface area contributed by atoms with Gasteiger partial charge in [0.05, 0.1) is 6.61 Å². The van der Waals surface area contributed by atoms with Gasteiger partial charge in [-0.2, -0.15) is 0 Å². The summed E-state index contributed by atoms with van der Waals surface area (Å²) in [5, 5.41) is 18.6. The Morgan fingerprint density at radius 3 is 2.89 bits per heavy atom. The number of alkyl halides is 1. The maximum Gasteiger partial charge on any atom is 0.183 e. The number of fused-ring (bicyclic) bond motifs is 1. The molecule has 1 aliphatic rings. The molecule has 1 saturated heterocycles. The molecular formula is C10H12FN5O3. The van der Waals surface area contributed by atoms with Gasteiger partial charge in [0.15, 0.2) is 23.9 Å². The molecular weight excluding hydrogens is 257 g/mol. The summed E-state index contributed by atoms with van der Waals surface area (Å²) in [6, 6.07) is 0. The maximum absolute atomic E-state index is 14.0. The minimum absolute atomic E-state index is 0.139. The highest BCUT2D eigenvalue weighted by Crippen LogP contribution is 2.34. The van der Waals surface area contributed by atoms with Crippen molar-refractivity contribution < 1.29 is 19.3 Å². The van der Waals surface area contributed by atoms with Crippen LogP contribution in [0.1, 0.15) is 6.23 Å². The number of hydrogen-bond donors (Lipinski definition) is 3. The molecule has 0 radical (unpaired) electrons. The van der Waals surface area contributed by atoms with Crippen LogP contribution in [0.2, 0.25) is 0 Å². The molecule has 9 heteroatoms. The first-order valence-electron chi connectivity index (χ1n) is 5.65. The van der Waals surface area contributed by atoms with Crippen LogP contribution in [-0.4, -0.2) is 54.7 Å². The highest BCUT2D eigenvalue weighted by molar-refractivity contribution is 5.81. The Morgan fingerprint density at radius 2 is 2.21 bits per heavy atom. The van der Waals surface area contributed by atoms with Crippen molar-refractivity contribution in [3.8, 4) is 0 Å². The highest BCUT2D eigenvalue weighted by atomic mass is 19.1. The van der Waals surface area contributed by atoms with Gasteiger partial charge in [0.2, 0.25) is 0 Å². The summed E-state index contributed by atoms with van der Waals surface area (Å²) in [4.78, 5) is 11.7. The Kier molecular flexibility index (Phi) is 2.81. The fourth-order valence-corrected chi connectivity index (χ4v) is 2.17. The van der Waals surface area contributed by atoms with Gasteiger partial charge in [-0.3, -0.25) is 4.57 Å². The molecule has 0 saturated carbocycles. The summed E-state index contributed by atoms with van der Waals surface area (Å²) in [6.07, 6.45) is -2.64. The molecule has 0 spiro atoms. The average molecular weight is 269 g/mol. The number of aromatic nitrogens is 4. The molecule has 1 aliphatic heterocycles. The molecule has 1 fully saturated rings. The van der Waals surface area contributed by atoms with E-state index < -0.39 is 31.2 Å². The number of nitrogens with two attached hydrogens (primary N) is 1. The van der Waals surface area contributed by atoms with Crippen LogP contribution in [0.15, 0.2) is 12.7 Å². The van der Waals surface area contributed by atoms with Gasteiger partial charge in [-0.1, -0.05) is 0 Å². The Balaban J connectivity index is 2.06. The number of ether oxygens (including phenoxy) is 1. The standard InChI is InChI=1S/C10H12FN5O3/c11-5-7(18)4(1-17)19-10(5)16-3-15-9-6(16)8(12)13-2-14-9/h2-5,7,10,17-18H,1H2,(H2,12,13,14)/t4-,5+,7-,10+/m1/s1. The predicted octanol–water partition coefficient (Wildman–Crippen LogP) is -1.00. The van der Waals surface area contributed by atoms with Gasteiger partial charge in [0.25, 0.3) is 0 Å². The van der Waals surface area contributed by atoms with Gasteiger partial charge in [0, 0.05) is 0 Å². The van der Waals surface area contributed by atoms with E-state index in [1.807, 2.05) is 0 Å². The van der Waals surface area contributed by atoms with E-state index in [0.717, 1.165) is 0 Å². The minimum Gasteiger partial charge on any atom is -0.394 e. The molecule has 19 heavy (non-hydrogen) atoms. The lowest BCUT2D eigenvalue weighted by Gasteiger charge is -2.15. The van der Waals surface area contributed by atoms with Crippen molar-refractivity contribution in [3.05, 3.63) is 12.7 Å². The van der Waals surface area contributed by atoms with E-state index in [-0.39, 0.29) is 5.82 Å². The van der Waals surface area contributed by atoms with Crippen LogP contribution in [0.3, 0.4) is 0 Å². The molecule has 0 bridgehead atoms. The second kappa shape index (κ2) is 4.37. The summed E-state index contributed by atoms with van der Waals surface area (Å²) in [6.45, 7) is -0.475. The fourth-order valence-electron chi connectivity index (χ4n) is 2.17. The third-order valence-corrected chi connectivity index (χ3v) is 3.14. The monoisotopic (exact) mass is 269 g/mol. The number of imidazole rings is 1. The van der Waals surface area contributed by atoms with Crippen molar-refractivity contribution in [2.45, 2.75) is 24.6 Å². The number of nitrogens with zero attached hydrogens (tertiary/aromatic N) is 4. The van der Waals surface area contributed by atoms with Gasteiger partial charge >= 0.3 is 0 Å². The molecule has 3 rings (SSSR count). The van der Waals surface area contributed by atoms with Crippen LogP contribution in [0, 0.1) is 0 Å². The van der Waals surface area contributed by atoms with Crippen LogP contribution >= 0.6 is 0 Å². The van der Waals surface area contributed by atoms with Crippen LogP contribution in [0.5, 0.6) is 0 Å². The van der Waals surface area contributed by atoms with Crippen molar-refractivity contribution in [1.82, 2.24) is 19.5 Å². The average Bonchev–Trinajstić information content (AvgIpc) is 2.94. The minimum atomic E-state index is -1.70. The number of anilines is 1. The molecule has 0 unspecified atom stereocenters. The van der Waals surface area contributed by atoms with Crippen molar-refractivity contribution in [2.75, 3.05) is 12.3 Å². The number of aliphatic hydroxyl groups excluding tert-OH is 2. The largest absolute Gasteiger partial charge is 0.394 e. The SMILES string of the molecule is Nc1ncnc2ncn([C@H]3O[C@H](CO)[C@@H](O)[C@@H]3F)c12. The third-order valence-electron chi connectivity index (χ3n) is 3.14. The first-order valence-corrected chi connectivity index (χ1v) is 5.65. The molecule has 3 heterocycles. The van der Waals surface area contributed by atoms with E-state index in [9.17, 15) is 9.50 Å². The van der Waals surface area contributed by atoms with Crippen LogP contribution < -0.4 is 5.73 Å². The summed E-state index contributed by atoms with van der Waals surface area (Å²) >= 11 is 0. The second-order valence-corrected chi connectivity index (χ2v) is 4.27. The van der Waals surface area contributed by atoms with E-state index in [1.165, 1.54) is 17.2 Å². The zero-order valence-electron chi connectivity index (χ0n) is 9.72. The topological polar surface area (TPSA) is 119 Å². The molecule has 4 atom stereocenters. The summed E-state index contributed by atoms with van der Waals surface area (Å²) in [5.41, 5.74) is 6.36. The van der Waals surface area contributed by atoms with E-state index in [2.05, 4.69) is 15.0 Å². The van der Waals surface area contributed by atoms with Crippen LogP contribution in [0.25, 0.3) is 11.2 Å². The predicted molar refractivity (Wildman–Crippen MR) is 61.6 cm³/mol. The molecule has 2 aromatic heterocycles. The molecule has 8 nitrogen and oxygen atoms in total. The van der Waals surface area contributed by atoms with E-state index >= 15 is 0 Å². The maximum atomic E-state index is 14.0. The van der Waals surface area contributed by atoms with Crippen molar-refractivity contribution >= 4 is 17.0 Å². The Labute approximate surface area is 106 Å². The molecule has 102 valence electrons. The van der Waals surface area contributed by atoms with E-state index in [1.54, 1.807) is 0 Å². The lowest BCUT2D eigenvalue weighted by Crippen LogP contribution is -2.30. The normalized spacial score (nSPS) is 31.1. The summed E-state index contributed by atoms with van der Waals surface area (Å²) in [7, 11) is 0. The van der Waals surface area contributed by atoms with Gasteiger partial charge in [-0.05, 0) is 0 Å². The molecule has 2 aromatic rings. The Morgan fingerprint density at radius 1 is 1.42 bits per heavy atom. The summed E-state index contributed by atoms with van der Waals surface area (Å²) in [5.74, 6) is 0.139. The number of nitrogen functional groups attached to an aromatic ring is 1. The number of hydrogen-bond acceptors (Lipinski definition) is 7. The van der Waals surface area contributed by atoms with Crippen LogP contribution in [0.4, 0.5) is 10.2 Å². The Hall–Kier alpha value is -1.84. The summed E-state index contributed by atoms with van der Waals surface area (Å²) < 4.78 is 20.6. The van der Waals surface area contributed by atoms with E-state index in [0.29, 0.717) is 11.2 Å². The zero-order valence-corrected chi connectivity index (χ0v) is 9.72. The van der Waals surface area contributed by atoms with Crippen molar-refractivity contribution in [1.29, 1.82) is 0 Å². The molecule has 0 aliphatic carbocycles. The highest BCUT2D eigenvalue weighted by Gasteiger charge is 2.45. The van der Waals surface area contributed by atoms with Crippen LogP contribution in [-0.2, 0) is 4.74 Å². The third kappa shape index (κ3) is 1.74.